The smallest absolute Gasteiger partial charge is 0.226 e. The zero-order valence-corrected chi connectivity index (χ0v) is 9.34. The average molecular weight is 232 g/mol. The molecule has 0 saturated heterocycles. The van der Waals surface area contributed by atoms with Crippen molar-refractivity contribution in [3.8, 4) is 0 Å². The first-order valence-corrected chi connectivity index (χ1v) is 5.50. The van der Waals surface area contributed by atoms with E-state index >= 15 is 0 Å². The predicted octanol–water partition coefficient (Wildman–Crippen LogP) is 0.495. The summed E-state index contributed by atoms with van der Waals surface area (Å²) < 4.78 is 1.81. The summed E-state index contributed by atoms with van der Waals surface area (Å²) in [6.45, 7) is 2.73. The molecule has 0 unspecified atom stereocenters. The first kappa shape index (κ1) is 10.0. The number of carbonyl (C=O) groups excluding carboxylic acids is 1. The molecule has 1 atom stereocenters. The quantitative estimate of drug-likeness (QED) is 0.788. The number of amides is 1. The molecule has 0 radical (unpaired) electrons. The number of nitrogens with zero attached hydrogens (tertiary/aromatic N) is 4. The molecule has 1 amide bonds. The van der Waals surface area contributed by atoms with Crippen LogP contribution in [0.15, 0.2) is 12.5 Å². The highest BCUT2D eigenvalue weighted by Crippen LogP contribution is 2.34. The Morgan fingerprint density at radius 2 is 2.47 bits per heavy atom. The van der Waals surface area contributed by atoms with E-state index in [1.807, 2.05) is 6.92 Å². The highest BCUT2D eigenvalue weighted by atomic mass is 16.1. The topological polar surface area (TPSA) is 88.5 Å². The molecule has 2 N–H and O–H groups in total. The van der Waals surface area contributed by atoms with E-state index in [2.05, 4.69) is 25.6 Å². The Morgan fingerprint density at radius 3 is 3.29 bits per heavy atom. The molecule has 0 aromatic carbocycles. The Morgan fingerprint density at radius 1 is 1.59 bits per heavy atom. The fraction of sp³-hybridized carbons (Fsp3) is 0.400. The van der Waals surface area contributed by atoms with E-state index in [-0.39, 0.29) is 11.8 Å². The number of hydrogen-bond donors (Lipinski definition) is 2. The van der Waals surface area contributed by atoms with Gasteiger partial charge in [0.05, 0.1) is 12.1 Å². The monoisotopic (exact) mass is 232 g/mol. The van der Waals surface area contributed by atoms with Gasteiger partial charge in [-0.25, -0.2) is 9.67 Å². The van der Waals surface area contributed by atoms with Gasteiger partial charge in [0.15, 0.2) is 0 Å². The zero-order valence-electron chi connectivity index (χ0n) is 9.34. The van der Waals surface area contributed by atoms with E-state index in [1.165, 1.54) is 6.33 Å². The van der Waals surface area contributed by atoms with Crippen LogP contribution in [0.3, 0.4) is 0 Å². The lowest BCUT2D eigenvalue weighted by molar-refractivity contribution is -0.116. The third-order valence-electron chi connectivity index (χ3n) is 2.95. The Hall–Kier alpha value is -2.18. The first-order valence-electron chi connectivity index (χ1n) is 5.50. The van der Waals surface area contributed by atoms with E-state index in [0.29, 0.717) is 12.2 Å². The molecule has 7 nitrogen and oxygen atoms in total. The number of rotatable bonds is 2. The van der Waals surface area contributed by atoms with Crippen molar-refractivity contribution in [1.29, 1.82) is 0 Å². The summed E-state index contributed by atoms with van der Waals surface area (Å²) in [5.74, 6) is 1.37. The minimum Gasteiger partial charge on any atom is -0.311 e. The van der Waals surface area contributed by atoms with Crippen LogP contribution < -0.4 is 5.32 Å². The zero-order chi connectivity index (χ0) is 11.8. The average Bonchev–Trinajstić information content (AvgIpc) is 2.95. The minimum atomic E-state index is -0.0695. The number of carbonyl (C=O) groups is 1. The van der Waals surface area contributed by atoms with E-state index < -0.39 is 0 Å². The van der Waals surface area contributed by atoms with Crippen molar-refractivity contribution in [2.45, 2.75) is 25.8 Å². The summed E-state index contributed by atoms with van der Waals surface area (Å²) in [5, 5.41) is 13.6. The maximum Gasteiger partial charge on any atom is 0.226 e. The third-order valence-corrected chi connectivity index (χ3v) is 2.95. The molecular formula is C10H12N6O. The largest absolute Gasteiger partial charge is 0.311 e. The predicted molar refractivity (Wildman–Crippen MR) is 59.4 cm³/mol. The summed E-state index contributed by atoms with van der Waals surface area (Å²) in [5.41, 5.74) is 0.965. The molecule has 1 aliphatic rings. The molecule has 0 saturated carbocycles. The van der Waals surface area contributed by atoms with Gasteiger partial charge >= 0.3 is 0 Å². The van der Waals surface area contributed by atoms with Crippen LogP contribution in [-0.4, -0.2) is 30.9 Å². The van der Waals surface area contributed by atoms with Crippen LogP contribution in [-0.2, 0) is 11.3 Å². The van der Waals surface area contributed by atoms with Gasteiger partial charge in [0, 0.05) is 18.5 Å². The van der Waals surface area contributed by atoms with Gasteiger partial charge in [-0.15, -0.1) is 0 Å². The van der Waals surface area contributed by atoms with Crippen LogP contribution >= 0.6 is 0 Å². The fourth-order valence-corrected chi connectivity index (χ4v) is 2.16. The highest BCUT2D eigenvalue weighted by molar-refractivity contribution is 5.93. The van der Waals surface area contributed by atoms with Crippen LogP contribution in [0.25, 0.3) is 0 Å². The van der Waals surface area contributed by atoms with Crippen molar-refractivity contribution >= 4 is 11.7 Å². The normalized spacial score (nSPS) is 18.9. The van der Waals surface area contributed by atoms with Gasteiger partial charge in [-0.1, -0.05) is 0 Å². The lowest BCUT2D eigenvalue weighted by Gasteiger charge is -2.21. The van der Waals surface area contributed by atoms with E-state index in [9.17, 15) is 4.79 Å². The van der Waals surface area contributed by atoms with Crippen molar-refractivity contribution in [2.75, 3.05) is 5.32 Å². The summed E-state index contributed by atoms with van der Waals surface area (Å²) in [6, 6.07) is 0. The van der Waals surface area contributed by atoms with Crippen LogP contribution in [0.5, 0.6) is 0 Å². The number of fused-ring (bicyclic) bond motifs is 1. The second-order valence-corrected chi connectivity index (χ2v) is 3.94. The summed E-state index contributed by atoms with van der Waals surface area (Å²) in [7, 11) is 0. The molecule has 0 bridgehead atoms. The van der Waals surface area contributed by atoms with Crippen LogP contribution in [0.2, 0.25) is 0 Å². The standard InChI is InChI=1S/C10H12N6O/c1-2-16-10(11-5-13-16)6-3-8(17)14-9-7(6)4-12-15-9/h4-6H,2-3H2,1H3,(H2,12,14,15,17)/t6-/m0/s1. The van der Waals surface area contributed by atoms with Gasteiger partial charge in [-0.05, 0) is 6.92 Å². The van der Waals surface area contributed by atoms with E-state index in [4.69, 9.17) is 0 Å². The second-order valence-electron chi connectivity index (χ2n) is 3.94. The number of H-pyrrole nitrogens is 1. The van der Waals surface area contributed by atoms with Crippen molar-refractivity contribution in [3.05, 3.63) is 23.9 Å². The van der Waals surface area contributed by atoms with Gasteiger partial charge in [-0.3, -0.25) is 9.89 Å². The molecule has 3 rings (SSSR count). The Kier molecular flexibility index (Phi) is 2.17. The molecule has 0 fully saturated rings. The van der Waals surface area contributed by atoms with Crippen molar-refractivity contribution in [1.82, 2.24) is 25.0 Å². The highest BCUT2D eigenvalue weighted by Gasteiger charge is 2.31. The first-order chi connectivity index (χ1) is 8.29. The van der Waals surface area contributed by atoms with Crippen LogP contribution in [0, 0.1) is 0 Å². The lowest BCUT2D eigenvalue weighted by Crippen LogP contribution is -2.25. The molecule has 0 aliphatic carbocycles. The van der Waals surface area contributed by atoms with Gasteiger partial charge in [0.2, 0.25) is 5.91 Å². The molecule has 1 aliphatic heterocycles. The maximum atomic E-state index is 11.6. The van der Waals surface area contributed by atoms with Gasteiger partial charge in [-0.2, -0.15) is 10.2 Å². The van der Waals surface area contributed by atoms with Crippen molar-refractivity contribution < 1.29 is 4.79 Å². The summed E-state index contributed by atoms with van der Waals surface area (Å²) >= 11 is 0. The molecule has 0 spiro atoms. The third kappa shape index (κ3) is 1.50. The summed E-state index contributed by atoms with van der Waals surface area (Å²) in [6.07, 6.45) is 3.63. The Labute approximate surface area is 97.2 Å². The maximum absolute atomic E-state index is 11.6. The number of anilines is 1. The number of aromatic nitrogens is 5. The number of aryl methyl sites for hydroxylation is 1. The molecule has 2 aromatic rings. The van der Waals surface area contributed by atoms with Crippen molar-refractivity contribution in [2.24, 2.45) is 0 Å². The van der Waals surface area contributed by atoms with Gasteiger partial charge in [0.25, 0.3) is 0 Å². The molecule has 2 aromatic heterocycles. The molecule has 7 heteroatoms. The Balaban J connectivity index is 2.08. The number of nitrogens with one attached hydrogen (secondary N) is 2. The minimum absolute atomic E-state index is 0.0302. The van der Waals surface area contributed by atoms with Crippen LogP contribution in [0.1, 0.15) is 30.7 Å². The molecule has 3 heterocycles. The number of hydrogen-bond acceptors (Lipinski definition) is 4. The SMILES string of the molecule is CCn1ncnc1[C@H]1CC(=O)Nc2[nH]ncc21. The van der Waals surface area contributed by atoms with Crippen LogP contribution in [0.4, 0.5) is 5.82 Å². The second kappa shape index (κ2) is 3.69. The molecular weight excluding hydrogens is 220 g/mol. The Bertz CT molecular complexity index is 557. The number of aromatic amines is 1. The summed E-state index contributed by atoms with van der Waals surface area (Å²) in [4.78, 5) is 15.9. The van der Waals surface area contributed by atoms with E-state index in [0.717, 1.165) is 17.9 Å². The lowest BCUT2D eigenvalue weighted by atomic mass is 9.93. The fourth-order valence-electron chi connectivity index (χ4n) is 2.16. The van der Waals surface area contributed by atoms with Gasteiger partial charge in [0.1, 0.15) is 18.0 Å². The molecule has 17 heavy (non-hydrogen) atoms. The van der Waals surface area contributed by atoms with Gasteiger partial charge < -0.3 is 5.32 Å². The molecule has 88 valence electrons. The van der Waals surface area contributed by atoms with Crippen molar-refractivity contribution in [3.63, 3.8) is 0 Å². The van der Waals surface area contributed by atoms with E-state index in [1.54, 1.807) is 10.9 Å².